The van der Waals surface area contributed by atoms with Crippen LogP contribution in [0.5, 0.6) is 5.75 Å². The average molecular weight is 410 g/mol. The third-order valence-corrected chi connectivity index (χ3v) is 5.59. The molecule has 1 aliphatic carbocycles. The lowest BCUT2D eigenvalue weighted by atomic mass is 9.73. The zero-order valence-corrected chi connectivity index (χ0v) is 16.8. The number of ketones is 1. The van der Waals surface area contributed by atoms with Crippen LogP contribution in [-0.4, -0.2) is 45.4 Å². The van der Waals surface area contributed by atoms with Gasteiger partial charge in [-0.3, -0.25) is 10.1 Å². The lowest BCUT2D eigenvalue weighted by molar-refractivity contribution is -0.117. The van der Waals surface area contributed by atoms with Gasteiger partial charge in [0.1, 0.15) is 23.5 Å². The van der Waals surface area contributed by atoms with Crippen molar-refractivity contribution in [2.45, 2.75) is 25.0 Å². The quantitative estimate of drug-likeness (QED) is 0.264. The Labute approximate surface area is 171 Å². The van der Waals surface area contributed by atoms with Crippen LogP contribution in [0.2, 0.25) is 0 Å². The Balaban J connectivity index is 2.33. The van der Waals surface area contributed by atoms with E-state index >= 15 is 0 Å². The van der Waals surface area contributed by atoms with Crippen molar-refractivity contribution >= 4 is 31.0 Å². The number of thiol groups is 2. The van der Waals surface area contributed by atoms with Gasteiger partial charge >= 0.3 is 0 Å². The molecule has 0 bridgehead atoms. The number of phenolic OH excluding ortho intramolecular Hbond substituents is 1. The van der Waals surface area contributed by atoms with Crippen molar-refractivity contribution in [2.75, 3.05) is 18.1 Å². The van der Waals surface area contributed by atoms with Gasteiger partial charge in [0.25, 0.3) is 0 Å². The fraction of sp³-hybridized carbons (Fsp3) is 0.450. The molecule has 0 radical (unpaired) electrons. The van der Waals surface area contributed by atoms with Gasteiger partial charge in [-0.25, -0.2) is 0 Å². The first-order chi connectivity index (χ1) is 12.9. The molecule has 7 heteroatoms. The van der Waals surface area contributed by atoms with Crippen molar-refractivity contribution in [2.24, 2.45) is 11.8 Å². The van der Waals surface area contributed by atoms with Crippen LogP contribution in [0.25, 0.3) is 0 Å². The van der Waals surface area contributed by atoms with E-state index in [1.165, 1.54) is 0 Å². The summed E-state index contributed by atoms with van der Waals surface area (Å²) >= 11 is 8.22. The summed E-state index contributed by atoms with van der Waals surface area (Å²) in [5, 5.41) is 32.2. The monoisotopic (exact) mass is 409 g/mol. The molecule has 27 heavy (non-hydrogen) atoms. The third kappa shape index (κ3) is 6.60. The highest BCUT2D eigenvalue weighted by Crippen LogP contribution is 2.37. The second kappa shape index (κ2) is 10.8. The summed E-state index contributed by atoms with van der Waals surface area (Å²) in [4.78, 5) is 12.2. The molecule has 0 saturated heterocycles. The van der Waals surface area contributed by atoms with Gasteiger partial charge in [0.05, 0.1) is 0 Å². The fourth-order valence-corrected chi connectivity index (χ4v) is 3.69. The van der Waals surface area contributed by atoms with Crippen LogP contribution in [0.1, 0.15) is 24.3 Å². The number of rotatable bonds is 10. The summed E-state index contributed by atoms with van der Waals surface area (Å²) in [5.74, 6) is 0.852. The highest BCUT2D eigenvalue weighted by atomic mass is 32.1. The van der Waals surface area contributed by atoms with Crippen LogP contribution in [0.15, 0.2) is 48.3 Å². The highest BCUT2D eigenvalue weighted by Gasteiger charge is 2.31. The topological polar surface area (TPSA) is 89.8 Å². The number of benzene rings is 1. The van der Waals surface area contributed by atoms with Gasteiger partial charge in [-0.15, -0.1) is 0 Å². The Kier molecular flexibility index (Phi) is 8.76. The molecule has 4 atom stereocenters. The second-order valence-electron chi connectivity index (χ2n) is 6.76. The summed E-state index contributed by atoms with van der Waals surface area (Å²) in [7, 11) is 0. The van der Waals surface area contributed by atoms with Gasteiger partial charge in [-0.05, 0) is 48.1 Å². The molecule has 0 fully saturated rings. The van der Waals surface area contributed by atoms with Gasteiger partial charge in [0.2, 0.25) is 0 Å². The molecule has 1 aliphatic rings. The van der Waals surface area contributed by atoms with E-state index < -0.39 is 6.23 Å². The van der Waals surface area contributed by atoms with Crippen LogP contribution in [0.3, 0.4) is 0 Å². The zero-order chi connectivity index (χ0) is 19.8. The standard InChI is InChI=1S/C20H27NO4S2/c22-15-5-1-13(2-6-15)18(9-17(24)11-26)19(10-21-20(25)12-27)14-3-7-16(23)8-4-14/h1,3-8,13,18-23,25-27H,2,9-12H2/t13?,18-,19-,20?/m0/s1. The number of Topliss-reactive ketones (excluding diaryl/α,β-unsaturated/α-hetero) is 1. The number of carbonyl (C=O) groups excluding carboxylic acids is 1. The maximum Gasteiger partial charge on any atom is 0.142 e. The maximum absolute atomic E-state index is 12.2. The Bertz CT molecular complexity index is 675. The summed E-state index contributed by atoms with van der Waals surface area (Å²) in [6.45, 7) is 0.455. The van der Waals surface area contributed by atoms with E-state index in [0.29, 0.717) is 19.4 Å². The van der Waals surface area contributed by atoms with E-state index in [0.717, 1.165) is 5.56 Å². The molecule has 0 spiro atoms. The molecule has 0 saturated carbocycles. The average Bonchev–Trinajstić information content (AvgIpc) is 2.68. The first kappa shape index (κ1) is 21.9. The molecule has 0 amide bonds. The summed E-state index contributed by atoms with van der Waals surface area (Å²) in [5.41, 5.74) is 0.968. The maximum atomic E-state index is 12.2. The van der Waals surface area contributed by atoms with E-state index in [1.807, 2.05) is 18.2 Å². The van der Waals surface area contributed by atoms with Crippen LogP contribution >= 0.6 is 25.3 Å². The molecule has 2 rings (SSSR count). The molecule has 1 aromatic carbocycles. The Hall–Kier alpha value is -1.41. The smallest absolute Gasteiger partial charge is 0.142 e. The number of carbonyl (C=O) groups is 1. The van der Waals surface area contributed by atoms with Gasteiger partial charge in [0.15, 0.2) is 0 Å². The van der Waals surface area contributed by atoms with Crippen molar-refractivity contribution in [3.63, 3.8) is 0 Å². The molecule has 1 aromatic rings. The van der Waals surface area contributed by atoms with Crippen LogP contribution in [0.4, 0.5) is 0 Å². The minimum Gasteiger partial charge on any atom is -0.508 e. The van der Waals surface area contributed by atoms with Crippen LogP contribution in [-0.2, 0) is 4.79 Å². The molecule has 4 N–H and O–H groups in total. The van der Waals surface area contributed by atoms with E-state index in [9.17, 15) is 20.1 Å². The van der Waals surface area contributed by atoms with E-state index in [1.54, 1.807) is 24.3 Å². The minimum absolute atomic E-state index is 0.0468. The van der Waals surface area contributed by atoms with Gasteiger partial charge < -0.3 is 15.3 Å². The molecular weight excluding hydrogens is 382 g/mol. The number of hydrogen-bond acceptors (Lipinski definition) is 7. The molecule has 0 aliphatic heterocycles. The van der Waals surface area contributed by atoms with Crippen LogP contribution in [0, 0.1) is 11.8 Å². The summed E-state index contributed by atoms with van der Waals surface area (Å²) in [6, 6.07) is 6.92. The molecule has 2 unspecified atom stereocenters. The largest absolute Gasteiger partial charge is 0.508 e. The molecule has 148 valence electrons. The first-order valence-corrected chi connectivity index (χ1v) is 10.2. The van der Waals surface area contributed by atoms with E-state index in [2.05, 4.69) is 30.6 Å². The van der Waals surface area contributed by atoms with E-state index in [4.69, 9.17) is 0 Å². The third-order valence-electron chi connectivity index (χ3n) is 4.89. The number of phenols is 1. The van der Waals surface area contributed by atoms with Gasteiger partial charge in [-0.2, -0.15) is 25.3 Å². The number of aliphatic hydroxyl groups excluding tert-OH is 2. The molecule has 0 heterocycles. The van der Waals surface area contributed by atoms with Gasteiger partial charge in [-0.1, -0.05) is 18.2 Å². The number of allylic oxidation sites excluding steroid dienone is 3. The Morgan fingerprint density at radius 1 is 1.22 bits per heavy atom. The summed E-state index contributed by atoms with van der Waals surface area (Å²) in [6.07, 6.45) is 5.59. The Morgan fingerprint density at radius 2 is 1.93 bits per heavy atom. The van der Waals surface area contributed by atoms with Gasteiger partial charge in [0, 0.05) is 30.4 Å². The molecule has 5 nitrogen and oxygen atoms in total. The first-order valence-electron chi connectivity index (χ1n) is 8.95. The molecular formula is C20H27NO4S2. The predicted molar refractivity (Wildman–Crippen MR) is 114 cm³/mol. The van der Waals surface area contributed by atoms with Crippen molar-refractivity contribution in [1.29, 1.82) is 0 Å². The van der Waals surface area contributed by atoms with Crippen LogP contribution < -0.4 is 5.32 Å². The fourth-order valence-electron chi connectivity index (χ4n) is 3.43. The lowest BCUT2D eigenvalue weighted by Gasteiger charge is -2.34. The van der Waals surface area contributed by atoms with Crippen molar-refractivity contribution in [3.8, 4) is 5.75 Å². The zero-order valence-electron chi connectivity index (χ0n) is 15.0. The normalized spacial score (nSPS) is 20.0. The number of aromatic hydroxyl groups is 1. The van der Waals surface area contributed by atoms with Crippen molar-refractivity contribution in [1.82, 2.24) is 5.32 Å². The lowest BCUT2D eigenvalue weighted by Crippen LogP contribution is -2.38. The molecule has 0 aromatic heterocycles. The van der Waals surface area contributed by atoms with Crippen molar-refractivity contribution < 1.29 is 20.1 Å². The van der Waals surface area contributed by atoms with E-state index in [-0.39, 0.29) is 46.6 Å². The highest BCUT2D eigenvalue weighted by molar-refractivity contribution is 7.81. The number of nitrogens with one attached hydrogen (secondary N) is 1. The second-order valence-corrected chi connectivity index (χ2v) is 7.44. The predicted octanol–water partition coefficient (Wildman–Crippen LogP) is 2.84. The summed E-state index contributed by atoms with van der Waals surface area (Å²) < 4.78 is 0. The number of hydrogen-bond donors (Lipinski definition) is 6. The van der Waals surface area contributed by atoms with Crippen molar-refractivity contribution in [3.05, 3.63) is 53.8 Å². The number of aliphatic hydroxyl groups is 2. The SMILES string of the molecule is O=C(CS)C[C@@H](C1C=CC(O)=CC1)[C@@H](CNC(O)CS)c1ccc(O)cc1. The Morgan fingerprint density at radius 3 is 2.48 bits per heavy atom. The minimum atomic E-state index is -0.750.